The van der Waals surface area contributed by atoms with Crippen LogP contribution in [0.4, 0.5) is 0 Å². The minimum absolute atomic E-state index is 0.339. The van der Waals surface area contributed by atoms with Gasteiger partial charge in [-0.15, -0.1) is 11.3 Å². The highest BCUT2D eigenvalue weighted by Gasteiger charge is 2.06. The molecule has 0 aliphatic heterocycles. The lowest BCUT2D eigenvalue weighted by molar-refractivity contribution is 0.110. The molecule has 4 heteroatoms. The first-order valence-electron chi connectivity index (χ1n) is 5.64. The summed E-state index contributed by atoms with van der Waals surface area (Å²) in [5.41, 5.74) is 1.25. The normalized spacial score (nSPS) is 13.3. The van der Waals surface area contributed by atoms with Gasteiger partial charge in [0.05, 0.1) is 10.9 Å². The van der Waals surface area contributed by atoms with Gasteiger partial charge in [0, 0.05) is 19.2 Å². The smallest absolute Gasteiger partial charge is 0.0931 e. The van der Waals surface area contributed by atoms with Crippen molar-refractivity contribution >= 4 is 22.9 Å². The van der Waals surface area contributed by atoms with E-state index in [1.54, 1.807) is 11.3 Å². The van der Waals surface area contributed by atoms with Gasteiger partial charge in [0.25, 0.3) is 0 Å². The summed E-state index contributed by atoms with van der Waals surface area (Å²) in [6.45, 7) is 8.93. The lowest BCUT2D eigenvalue weighted by Gasteiger charge is -2.13. The molecule has 0 amide bonds. The van der Waals surface area contributed by atoms with Gasteiger partial charge in [-0.25, -0.2) is 0 Å². The van der Waals surface area contributed by atoms with Crippen molar-refractivity contribution in [2.24, 2.45) is 5.92 Å². The summed E-state index contributed by atoms with van der Waals surface area (Å²) >= 11 is 7.46. The average Bonchev–Trinajstić information content (AvgIpc) is 2.63. The molecule has 1 heterocycles. The number of hydrogen-bond donors (Lipinski definition) is 1. The minimum atomic E-state index is 0.339. The quantitative estimate of drug-likeness (QED) is 0.756. The number of halogens is 1. The molecule has 1 rings (SSSR count). The molecule has 92 valence electrons. The largest absolute Gasteiger partial charge is 0.380 e. The first kappa shape index (κ1) is 14.0. The van der Waals surface area contributed by atoms with E-state index in [0.29, 0.717) is 12.0 Å². The lowest BCUT2D eigenvalue weighted by atomic mass is 10.2. The second-order valence-corrected chi connectivity index (χ2v) is 5.87. The van der Waals surface area contributed by atoms with Crippen molar-refractivity contribution in [2.45, 2.75) is 26.8 Å². The standard InChI is InChI=1S/C12H20ClNOS/c1-9(2)7-15-5-4-14-10(3)11-6-12(13)16-8-11/h6,8-10,14H,4-5,7H2,1-3H3. The number of rotatable bonds is 7. The first-order valence-corrected chi connectivity index (χ1v) is 6.90. The predicted molar refractivity (Wildman–Crippen MR) is 71.4 cm³/mol. The molecule has 0 aromatic carbocycles. The maximum absolute atomic E-state index is 5.89. The fourth-order valence-electron chi connectivity index (χ4n) is 1.33. The number of thiophene rings is 1. The van der Waals surface area contributed by atoms with Gasteiger partial charge in [-0.2, -0.15) is 0 Å². The number of nitrogens with one attached hydrogen (secondary N) is 1. The van der Waals surface area contributed by atoms with Gasteiger partial charge in [0.1, 0.15) is 0 Å². The molecule has 1 atom stereocenters. The van der Waals surface area contributed by atoms with Crippen LogP contribution in [-0.4, -0.2) is 19.8 Å². The van der Waals surface area contributed by atoms with E-state index in [9.17, 15) is 0 Å². The zero-order valence-corrected chi connectivity index (χ0v) is 11.7. The molecule has 0 fully saturated rings. The molecule has 1 aromatic rings. The van der Waals surface area contributed by atoms with E-state index >= 15 is 0 Å². The Morgan fingerprint density at radius 1 is 1.44 bits per heavy atom. The van der Waals surface area contributed by atoms with Crippen molar-refractivity contribution < 1.29 is 4.74 Å². The van der Waals surface area contributed by atoms with E-state index in [1.165, 1.54) is 5.56 Å². The van der Waals surface area contributed by atoms with Gasteiger partial charge in [0.2, 0.25) is 0 Å². The summed E-state index contributed by atoms with van der Waals surface area (Å²) in [6, 6.07) is 2.35. The summed E-state index contributed by atoms with van der Waals surface area (Å²) in [5.74, 6) is 0.605. The monoisotopic (exact) mass is 261 g/mol. The molecule has 0 radical (unpaired) electrons. The Labute approximate surface area is 107 Å². The third-order valence-corrected chi connectivity index (χ3v) is 3.35. The molecule has 1 unspecified atom stereocenters. The highest BCUT2D eigenvalue weighted by molar-refractivity contribution is 7.14. The van der Waals surface area contributed by atoms with Gasteiger partial charge in [-0.1, -0.05) is 25.4 Å². The van der Waals surface area contributed by atoms with E-state index in [1.807, 2.05) is 6.07 Å². The number of hydrogen-bond acceptors (Lipinski definition) is 3. The molecular formula is C12H20ClNOS. The average molecular weight is 262 g/mol. The molecule has 0 aliphatic rings. The van der Waals surface area contributed by atoms with E-state index in [0.717, 1.165) is 24.1 Å². The Balaban J connectivity index is 2.13. The molecule has 0 spiro atoms. The van der Waals surface area contributed by atoms with Crippen LogP contribution >= 0.6 is 22.9 Å². The third-order valence-electron chi connectivity index (χ3n) is 2.24. The van der Waals surface area contributed by atoms with E-state index in [-0.39, 0.29) is 0 Å². The van der Waals surface area contributed by atoms with Crippen LogP contribution in [-0.2, 0) is 4.74 Å². The van der Waals surface area contributed by atoms with Crippen molar-refractivity contribution in [3.63, 3.8) is 0 Å². The molecule has 0 bridgehead atoms. The predicted octanol–water partition coefficient (Wildman–Crippen LogP) is 3.72. The van der Waals surface area contributed by atoms with Crippen molar-refractivity contribution in [3.05, 3.63) is 21.3 Å². The highest BCUT2D eigenvalue weighted by atomic mass is 35.5. The summed E-state index contributed by atoms with van der Waals surface area (Å²) in [7, 11) is 0. The van der Waals surface area contributed by atoms with Crippen LogP contribution in [0, 0.1) is 5.92 Å². The Kier molecular flexibility index (Phi) is 6.36. The van der Waals surface area contributed by atoms with Crippen LogP contribution < -0.4 is 5.32 Å². The van der Waals surface area contributed by atoms with Gasteiger partial charge in [-0.3, -0.25) is 0 Å². The van der Waals surface area contributed by atoms with Crippen LogP contribution in [0.5, 0.6) is 0 Å². The van der Waals surface area contributed by atoms with Crippen molar-refractivity contribution in [1.29, 1.82) is 0 Å². The number of ether oxygens (including phenoxy) is 1. The summed E-state index contributed by atoms with van der Waals surface area (Å²) in [6.07, 6.45) is 0. The molecule has 2 nitrogen and oxygen atoms in total. The minimum Gasteiger partial charge on any atom is -0.380 e. The van der Waals surface area contributed by atoms with Gasteiger partial charge in [0.15, 0.2) is 0 Å². The zero-order chi connectivity index (χ0) is 12.0. The second-order valence-electron chi connectivity index (χ2n) is 4.33. The Morgan fingerprint density at radius 2 is 2.19 bits per heavy atom. The van der Waals surface area contributed by atoms with Crippen molar-refractivity contribution in [2.75, 3.05) is 19.8 Å². The Bertz CT molecular complexity index is 301. The lowest BCUT2D eigenvalue weighted by Crippen LogP contribution is -2.23. The third kappa shape index (κ3) is 5.30. The maximum Gasteiger partial charge on any atom is 0.0931 e. The molecule has 0 saturated heterocycles. The Hall–Kier alpha value is -0.0900. The second kappa shape index (κ2) is 7.28. The Morgan fingerprint density at radius 3 is 2.75 bits per heavy atom. The van der Waals surface area contributed by atoms with Gasteiger partial charge in [-0.05, 0) is 29.9 Å². The van der Waals surface area contributed by atoms with Gasteiger partial charge >= 0.3 is 0 Å². The summed E-state index contributed by atoms with van der Waals surface area (Å²) in [5, 5.41) is 5.50. The molecule has 0 saturated carbocycles. The van der Waals surface area contributed by atoms with Crippen molar-refractivity contribution in [3.8, 4) is 0 Å². The van der Waals surface area contributed by atoms with Crippen LogP contribution in [0.3, 0.4) is 0 Å². The first-order chi connectivity index (χ1) is 7.59. The van der Waals surface area contributed by atoms with E-state index < -0.39 is 0 Å². The SMILES string of the molecule is CC(C)COCCNC(C)c1csc(Cl)c1. The van der Waals surface area contributed by atoms with Crippen molar-refractivity contribution in [1.82, 2.24) is 5.32 Å². The molecular weight excluding hydrogens is 242 g/mol. The van der Waals surface area contributed by atoms with Crippen LogP contribution in [0.2, 0.25) is 4.34 Å². The molecule has 16 heavy (non-hydrogen) atoms. The van der Waals surface area contributed by atoms with Crippen LogP contribution in [0.25, 0.3) is 0 Å². The molecule has 1 N–H and O–H groups in total. The zero-order valence-electron chi connectivity index (χ0n) is 10.1. The fraction of sp³-hybridized carbons (Fsp3) is 0.667. The highest BCUT2D eigenvalue weighted by Crippen LogP contribution is 2.24. The summed E-state index contributed by atoms with van der Waals surface area (Å²) in [4.78, 5) is 0. The molecule has 1 aromatic heterocycles. The van der Waals surface area contributed by atoms with E-state index in [4.69, 9.17) is 16.3 Å². The van der Waals surface area contributed by atoms with Crippen LogP contribution in [0.15, 0.2) is 11.4 Å². The maximum atomic E-state index is 5.89. The van der Waals surface area contributed by atoms with E-state index in [2.05, 4.69) is 31.5 Å². The van der Waals surface area contributed by atoms with Crippen LogP contribution in [0.1, 0.15) is 32.4 Å². The summed E-state index contributed by atoms with van der Waals surface area (Å²) < 4.78 is 6.35. The topological polar surface area (TPSA) is 21.3 Å². The fourth-order valence-corrected chi connectivity index (χ4v) is 2.32. The van der Waals surface area contributed by atoms with Gasteiger partial charge < -0.3 is 10.1 Å². The molecule has 0 aliphatic carbocycles.